The number of benzene rings is 3. The van der Waals surface area contributed by atoms with Crippen molar-refractivity contribution in [2.24, 2.45) is 0 Å². The Balaban J connectivity index is 0.000000249. The van der Waals surface area contributed by atoms with E-state index in [1.165, 1.54) is 10.8 Å². The minimum atomic E-state index is -4.94. The van der Waals surface area contributed by atoms with Crippen molar-refractivity contribution in [1.29, 1.82) is 5.26 Å². The van der Waals surface area contributed by atoms with Crippen LogP contribution in [0, 0.1) is 41.5 Å². The number of fused-ring (bicyclic) bond motifs is 3. The van der Waals surface area contributed by atoms with Gasteiger partial charge in [0.2, 0.25) is 0 Å². The Labute approximate surface area is 191 Å². The van der Waals surface area contributed by atoms with Crippen molar-refractivity contribution >= 4 is 21.7 Å². The Morgan fingerprint density at radius 3 is 2.00 bits per heavy atom. The van der Waals surface area contributed by atoms with Crippen molar-refractivity contribution in [2.45, 2.75) is 13.8 Å². The predicted octanol–water partition coefficient (Wildman–Crippen LogP) is 0.605. The third-order valence-electron chi connectivity index (χ3n) is 4.00. The average molecular weight is 604 g/mol. The number of rotatable bonds is 0. The topological polar surface area (TPSA) is 129 Å². The number of nitrogens with zero attached hydrogens (tertiary/aromatic N) is 2. The number of pyridine rings is 1. The Kier molecular flexibility index (Phi) is 10.0. The van der Waals surface area contributed by atoms with Gasteiger partial charge in [-0.15, -0.1) is 45.3 Å². The molecule has 6 nitrogen and oxygen atoms in total. The average Bonchev–Trinajstić information content (AvgIpc) is 2.67. The molecule has 1 heterocycles. The summed E-state index contributed by atoms with van der Waals surface area (Å²) in [4.78, 5) is 4.38. The Bertz CT molecular complexity index is 1080. The van der Waals surface area contributed by atoms with Crippen LogP contribution in [0.5, 0.6) is 0 Å². The van der Waals surface area contributed by atoms with Crippen molar-refractivity contribution in [3.05, 3.63) is 89.6 Å². The second-order valence-electron chi connectivity index (χ2n) is 6.03. The van der Waals surface area contributed by atoms with Gasteiger partial charge in [-0.2, -0.15) is 5.26 Å². The van der Waals surface area contributed by atoms with E-state index in [0.29, 0.717) is 0 Å². The van der Waals surface area contributed by atoms with Crippen LogP contribution in [-0.2, 0) is 21.1 Å². The van der Waals surface area contributed by atoms with Crippen LogP contribution in [0.3, 0.4) is 0 Å². The van der Waals surface area contributed by atoms with Crippen molar-refractivity contribution in [3.8, 4) is 6.07 Å². The standard InChI is InChI=1S/C13H8N.C9H9N.ClHO4.Pt/c1-2-6-12-10(4-1)7-8-11-5-3-9-14-13(11)12;1-7-4-3-5-8(2)9(7)6-10;2-1(3,4)5;/h1-5,7-9H;3-5H,1-2H3;(H,2,3,4,5);/q-1;;;+2/p-1. The van der Waals surface area contributed by atoms with E-state index >= 15 is 0 Å². The van der Waals surface area contributed by atoms with E-state index in [1.54, 1.807) is 0 Å². The molecule has 0 unspecified atom stereocenters. The molecule has 30 heavy (non-hydrogen) atoms. The molecule has 0 amide bonds. The van der Waals surface area contributed by atoms with Gasteiger partial charge >= 0.3 is 21.1 Å². The molecule has 0 aliphatic heterocycles. The molecule has 0 saturated carbocycles. The Hall–Kier alpha value is -2.36. The van der Waals surface area contributed by atoms with Gasteiger partial charge in [-0.25, -0.2) is 18.6 Å². The van der Waals surface area contributed by atoms with E-state index in [0.717, 1.165) is 27.6 Å². The molecule has 4 rings (SSSR count). The predicted molar refractivity (Wildman–Crippen MR) is 98.7 cm³/mol. The molecule has 0 N–H and O–H groups in total. The Morgan fingerprint density at radius 1 is 0.867 bits per heavy atom. The molecule has 156 valence electrons. The van der Waals surface area contributed by atoms with Crippen LogP contribution in [-0.4, -0.2) is 4.98 Å². The fraction of sp³-hybridized carbons (Fsp3) is 0.0909. The van der Waals surface area contributed by atoms with Crippen LogP contribution in [0.1, 0.15) is 16.7 Å². The summed E-state index contributed by atoms with van der Waals surface area (Å²) in [6, 6.07) is 25.5. The fourth-order valence-electron chi connectivity index (χ4n) is 2.73. The molecule has 4 aromatic rings. The van der Waals surface area contributed by atoms with Crippen LogP contribution < -0.4 is 18.6 Å². The number of halogens is 1. The third kappa shape index (κ3) is 7.81. The zero-order chi connectivity index (χ0) is 21.4. The molecule has 0 radical (unpaired) electrons. The Morgan fingerprint density at radius 2 is 1.43 bits per heavy atom. The largest absolute Gasteiger partial charge is 2.00 e. The fourth-order valence-corrected chi connectivity index (χ4v) is 2.73. The summed E-state index contributed by atoms with van der Waals surface area (Å²) in [5, 5.41) is 12.1. The number of aromatic nitrogens is 1. The third-order valence-corrected chi connectivity index (χ3v) is 4.00. The van der Waals surface area contributed by atoms with Gasteiger partial charge in [0.15, 0.2) is 0 Å². The van der Waals surface area contributed by atoms with Gasteiger partial charge in [0.25, 0.3) is 0 Å². The molecule has 1 aromatic heterocycles. The second-order valence-corrected chi connectivity index (χ2v) is 6.79. The van der Waals surface area contributed by atoms with Gasteiger partial charge in [-0.3, -0.25) is 0 Å². The molecule has 0 atom stereocenters. The van der Waals surface area contributed by atoms with Crippen LogP contribution >= 0.6 is 0 Å². The number of aryl methyl sites for hydroxylation is 2. The van der Waals surface area contributed by atoms with E-state index in [2.05, 4.69) is 41.4 Å². The van der Waals surface area contributed by atoms with Gasteiger partial charge in [0, 0.05) is 6.20 Å². The normalized spacial score (nSPS) is 10.0. The molecule has 0 aliphatic carbocycles. The maximum Gasteiger partial charge on any atom is 2.00 e. The summed E-state index contributed by atoms with van der Waals surface area (Å²) in [6.07, 6.45) is 1.82. The first kappa shape index (κ1) is 25.7. The summed E-state index contributed by atoms with van der Waals surface area (Å²) in [5.41, 5.74) is 3.96. The van der Waals surface area contributed by atoms with Crippen LogP contribution in [0.25, 0.3) is 21.7 Å². The molecule has 3 aromatic carbocycles. The van der Waals surface area contributed by atoms with Gasteiger partial charge in [0.05, 0.1) is 11.6 Å². The number of hydrogen-bond acceptors (Lipinski definition) is 6. The van der Waals surface area contributed by atoms with Crippen molar-refractivity contribution in [3.63, 3.8) is 0 Å². The number of nitriles is 1. The van der Waals surface area contributed by atoms with Gasteiger partial charge < -0.3 is 4.98 Å². The summed E-state index contributed by atoms with van der Waals surface area (Å²) >= 11 is 0. The van der Waals surface area contributed by atoms with Gasteiger partial charge in [-0.05, 0) is 41.9 Å². The van der Waals surface area contributed by atoms with E-state index in [-0.39, 0.29) is 21.1 Å². The second kappa shape index (κ2) is 11.7. The quantitative estimate of drug-likeness (QED) is 0.214. The van der Waals surface area contributed by atoms with E-state index in [4.69, 9.17) is 23.9 Å². The maximum atomic E-state index is 8.65. The maximum absolute atomic E-state index is 8.65. The summed E-state index contributed by atoms with van der Waals surface area (Å²) < 4.78 is 34.0. The molecule has 0 bridgehead atoms. The molecule has 0 aliphatic rings. The first-order valence-electron chi connectivity index (χ1n) is 8.43. The van der Waals surface area contributed by atoms with E-state index in [1.807, 2.05) is 56.4 Å². The minimum Gasteiger partial charge on any atom is -0.304 e. The summed E-state index contributed by atoms with van der Waals surface area (Å²) in [7, 11) is -4.94. The van der Waals surface area contributed by atoms with Gasteiger partial charge in [-0.1, -0.05) is 36.4 Å². The molecule has 0 spiro atoms. The van der Waals surface area contributed by atoms with Crippen LogP contribution in [0.2, 0.25) is 0 Å². The molecular weight excluding hydrogens is 587 g/mol. The van der Waals surface area contributed by atoms with Gasteiger partial charge in [0.1, 0.15) is 0 Å². The van der Waals surface area contributed by atoms with E-state index < -0.39 is 10.2 Å². The summed E-state index contributed by atoms with van der Waals surface area (Å²) in [5.74, 6) is 0. The molecule has 0 fully saturated rings. The van der Waals surface area contributed by atoms with Crippen molar-refractivity contribution in [1.82, 2.24) is 4.98 Å². The first-order valence-corrected chi connectivity index (χ1v) is 9.66. The zero-order valence-electron chi connectivity index (χ0n) is 16.1. The number of hydrogen-bond donors (Lipinski definition) is 0. The smallest absolute Gasteiger partial charge is 0.304 e. The molecule has 0 saturated heterocycles. The first-order chi connectivity index (χ1) is 13.7. The van der Waals surface area contributed by atoms with Crippen molar-refractivity contribution in [2.75, 3.05) is 0 Å². The van der Waals surface area contributed by atoms with Crippen LogP contribution in [0.4, 0.5) is 0 Å². The summed E-state index contributed by atoms with van der Waals surface area (Å²) in [6.45, 7) is 3.90. The molecular formula is C22H17ClN2O4Pt. The molecule has 8 heteroatoms. The monoisotopic (exact) mass is 603 g/mol. The van der Waals surface area contributed by atoms with E-state index in [9.17, 15) is 0 Å². The SMILES string of the molecule is Cc1cccc(C)c1C#N.[O-][Cl+3]([O-])([O-])[O-].[Pt+2].[c-]1cccc2ccc3cccnc3c12. The minimum absolute atomic E-state index is 0. The van der Waals surface area contributed by atoms with Crippen molar-refractivity contribution < 1.29 is 49.9 Å². The van der Waals surface area contributed by atoms with Crippen LogP contribution in [0.15, 0.2) is 66.9 Å². The zero-order valence-corrected chi connectivity index (χ0v) is 19.1.